The number of allylic oxidation sites excluding steroid dienone is 2. The smallest absolute Gasteiger partial charge is 0.240 e. The van der Waals surface area contributed by atoms with Crippen LogP contribution in [-0.4, -0.2) is 24.2 Å². The predicted octanol–water partition coefficient (Wildman–Crippen LogP) is 10.4. The highest BCUT2D eigenvalue weighted by Gasteiger charge is 2.03. The maximum absolute atomic E-state index is 12.3. The summed E-state index contributed by atoms with van der Waals surface area (Å²) in [4.78, 5) is 24.6. The molecule has 0 fully saturated rings. The van der Waals surface area contributed by atoms with Gasteiger partial charge in [-0.2, -0.15) is 10.2 Å². The van der Waals surface area contributed by atoms with Crippen LogP contribution in [0.15, 0.2) is 82.0 Å². The molecule has 0 saturated heterocycles. The number of hydrogen-bond donors (Lipinski definition) is 2. The summed E-state index contributed by atoms with van der Waals surface area (Å²) in [5.41, 5.74) is 9.96. The van der Waals surface area contributed by atoms with E-state index >= 15 is 0 Å². The van der Waals surface area contributed by atoms with Gasteiger partial charge in [0, 0.05) is 12.8 Å². The maximum atomic E-state index is 12.3. The Morgan fingerprint density at radius 1 is 0.500 bits per heavy atom. The number of carbonyl (C=O) groups excluding carboxylic acids is 2. The molecule has 6 nitrogen and oxygen atoms in total. The van der Waals surface area contributed by atoms with Crippen molar-refractivity contribution in [2.24, 2.45) is 10.2 Å². The highest BCUT2D eigenvalue weighted by atomic mass is 16.2. The van der Waals surface area contributed by atoms with Crippen molar-refractivity contribution < 1.29 is 9.59 Å². The standard InChI is InChI=1S/C40H58N4O2/c1-3-5-7-15-27-37(31-35-23-17-13-18-24-35)33-41-43-39(45)29-21-11-9-10-12-22-30-40(46)44-42-34-38(28-16-8-6-4-2)32-36-25-19-14-20-26-36/h13-14,17-20,23-26,31-34H,3-12,15-16,21-22,27-30H2,1-2H3,(H,43,45)(H,44,46)/b37-31-,38-32+,41-33+,42-34-. The fourth-order valence-corrected chi connectivity index (χ4v) is 5.15. The van der Waals surface area contributed by atoms with Crippen LogP contribution in [0.25, 0.3) is 12.2 Å². The molecule has 0 atom stereocenters. The van der Waals surface area contributed by atoms with Gasteiger partial charge >= 0.3 is 0 Å². The highest BCUT2D eigenvalue weighted by Crippen LogP contribution is 2.15. The Bertz CT molecular complexity index is 1110. The summed E-state index contributed by atoms with van der Waals surface area (Å²) < 4.78 is 0. The molecule has 0 aliphatic heterocycles. The van der Waals surface area contributed by atoms with E-state index in [-0.39, 0.29) is 11.8 Å². The zero-order chi connectivity index (χ0) is 32.9. The number of carbonyl (C=O) groups is 2. The largest absolute Gasteiger partial charge is 0.273 e. The van der Waals surface area contributed by atoms with Gasteiger partial charge in [0.15, 0.2) is 0 Å². The monoisotopic (exact) mass is 626 g/mol. The first-order valence-corrected chi connectivity index (χ1v) is 17.8. The molecule has 46 heavy (non-hydrogen) atoms. The number of nitrogens with zero attached hydrogens (tertiary/aromatic N) is 2. The summed E-state index contributed by atoms with van der Waals surface area (Å²) in [6.45, 7) is 4.43. The van der Waals surface area contributed by atoms with Gasteiger partial charge in [-0.15, -0.1) is 0 Å². The zero-order valence-electron chi connectivity index (χ0n) is 28.5. The van der Waals surface area contributed by atoms with Crippen molar-refractivity contribution in [3.05, 3.63) is 82.9 Å². The van der Waals surface area contributed by atoms with Gasteiger partial charge in [0.1, 0.15) is 0 Å². The first kappa shape index (κ1) is 38.4. The Labute approximate surface area is 278 Å². The van der Waals surface area contributed by atoms with Crippen molar-refractivity contribution in [3.63, 3.8) is 0 Å². The van der Waals surface area contributed by atoms with E-state index in [2.05, 4.69) is 71.3 Å². The van der Waals surface area contributed by atoms with E-state index in [0.717, 1.165) is 86.5 Å². The lowest BCUT2D eigenvalue weighted by molar-refractivity contribution is -0.122. The number of rotatable bonds is 25. The Morgan fingerprint density at radius 2 is 0.848 bits per heavy atom. The third-order valence-corrected chi connectivity index (χ3v) is 7.84. The van der Waals surface area contributed by atoms with E-state index in [0.29, 0.717) is 12.8 Å². The minimum Gasteiger partial charge on any atom is -0.273 e. The average Bonchev–Trinajstić information content (AvgIpc) is 3.07. The van der Waals surface area contributed by atoms with E-state index in [1.165, 1.54) is 38.5 Å². The molecule has 0 unspecified atom stereocenters. The molecular formula is C40H58N4O2. The fourth-order valence-electron chi connectivity index (χ4n) is 5.15. The number of benzene rings is 2. The van der Waals surface area contributed by atoms with Crippen LogP contribution in [0.4, 0.5) is 0 Å². The Balaban J connectivity index is 1.59. The second-order valence-corrected chi connectivity index (χ2v) is 12.1. The minimum absolute atomic E-state index is 0.0405. The summed E-state index contributed by atoms with van der Waals surface area (Å²) in [6, 6.07) is 20.5. The number of hydrazone groups is 2. The van der Waals surface area contributed by atoms with Crippen LogP contribution in [0.1, 0.15) is 141 Å². The molecule has 0 bridgehead atoms. The normalized spacial score (nSPS) is 12.2. The number of nitrogens with one attached hydrogen (secondary N) is 2. The highest BCUT2D eigenvalue weighted by molar-refractivity contribution is 5.87. The number of amides is 2. The Kier molecular flexibility index (Phi) is 22.0. The first-order chi connectivity index (χ1) is 22.6. The van der Waals surface area contributed by atoms with E-state index in [1.807, 2.05) is 36.4 Å². The molecule has 0 aromatic heterocycles. The van der Waals surface area contributed by atoms with Crippen molar-refractivity contribution in [3.8, 4) is 0 Å². The Hall–Kier alpha value is -3.80. The van der Waals surface area contributed by atoms with Crippen LogP contribution < -0.4 is 10.9 Å². The van der Waals surface area contributed by atoms with E-state index in [9.17, 15) is 9.59 Å². The van der Waals surface area contributed by atoms with E-state index in [1.54, 1.807) is 12.4 Å². The summed E-state index contributed by atoms with van der Waals surface area (Å²) in [7, 11) is 0. The molecule has 0 aliphatic rings. The van der Waals surface area contributed by atoms with Crippen molar-refractivity contribution in [2.75, 3.05) is 0 Å². The molecule has 2 rings (SSSR count). The third kappa shape index (κ3) is 20.3. The van der Waals surface area contributed by atoms with Crippen LogP contribution in [-0.2, 0) is 9.59 Å². The molecule has 0 radical (unpaired) electrons. The second-order valence-electron chi connectivity index (χ2n) is 12.1. The fraction of sp³-hybridized carbons (Fsp3) is 0.500. The maximum Gasteiger partial charge on any atom is 0.240 e. The zero-order valence-corrected chi connectivity index (χ0v) is 28.5. The van der Waals surface area contributed by atoms with E-state index < -0.39 is 0 Å². The summed E-state index contributed by atoms with van der Waals surface area (Å²) >= 11 is 0. The van der Waals surface area contributed by atoms with Crippen molar-refractivity contribution >= 4 is 36.4 Å². The number of hydrogen-bond acceptors (Lipinski definition) is 4. The average molecular weight is 627 g/mol. The lowest BCUT2D eigenvalue weighted by Crippen LogP contribution is -2.17. The summed E-state index contributed by atoms with van der Waals surface area (Å²) in [5.74, 6) is -0.0810. The lowest BCUT2D eigenvalue weighted by Gasteiger charge is -2.05. The quantitative estimate of drug-likeness (QED) is 0.0653. The SMILES string of the molecule is CCCCCCC(=C/c1ccccc1)/C=N/NC(=O)CCCCCCCCC(=O)N/N=C\C(=C\c1ccccc1)CCCCCC. The third-order valence-electron chi connectivity index (χ3n) is 7.84. The molecule has 0 saturated carbocycles. The van der Waals surface area contributed by atoms with Crippen LogP contribution in [0.2, 0.25) is 0 Å². The Morgan fingerprint density at radius 3 is 1.24 bits per heavy atom. The molecule has 250 valence electrons. The summed E-state index contributed by atoms with van der Waals surface area (Å²) in [6.07, 6.45) is 26.1. The van der Waals surface area contributed by atoms with Gasteiger partial charge in [-0.3, -0.25) is 9.59 Å². The minimum atomic E-state index is -0.0405. The molecule has 2 aromatic rings. The van der Waals surface area contributed by atoms with Crippen LogP contribution in [0, 0.1) is 0 Å². The molecule has 0 heterocycles. The van der Waals surface area contributed by atoms with Gasteiger partial charge in [-0.05, 0) is 60.8 Å². The molecule has 2 aromatic carbocycles. The van der Waals surface area contributed by atoms with Gasteiger partial charge in [0.25, 0.3) is 0 Å². The second kappa shape index (κ2) is 26.4. The lowest BCUT2D eigenvalue weighted by atomic mass is 10.0. The van der Waals surface area contributed by atoms with Gasteiger partial charge < -0.3 is 0 Å². The van der Waals surface area contributed by atoms with Gasteiger partial charge in [-0.25, -0.2) is 10.9 Å². The first-order valence-electron chi connectivity index (χ1n) is 17.8. The molecule has 0 spiro atoms. The summed E-state index contributed by atoms with van der Waals surface area (Å²) in [5, 5.41) is 8.50. The molecule has 6 heteroatoms. The topological polar surface area (TPSA) is 82.9 Å². The van der Waals surface area contributed by atoms with Crippen LogP contribution >= 0.6 is 0 Å². The van der Waals surface area contributed by atoms with E-state index in [4.69, 9.17) is 0 Å². The predicted molar refractivity (Wildman–Crippen MR) is 197 cm³/mol. The molecular weight excluding hydrogens is 568 g/mol. The van der Waals surface area contributed by atoms with Crippen molar-refractivity contribution in [2.45, 2.75) is 129 Å². The van der Waals surface area contributed by atoms with Gasteiger partial charge in [0.05, 0.1) is 12.4 Å². The number of unbranched alkanes of at least 4 members (excludes halogenated alkanes) is 11. The van der Waals surface area contributed by atoms with Crippen molar-refractivity contribution in [1.29, 1.82) is 0 Å². The molecule has 2 N–H and O–H groups in total. The van der Waals surface area contributed by atoms with Gasteiger partial charge in [0.2, 0.25) is 11.8 Å². The van der Waals surface area contributed by atoms with Crippen molar-refractivity contribution in [1.82, 2.24) is 10.9 Å². The van der Waals surface area contributed by atoms with Gasteiger partial charge in [-0.1, -0.05) is 151 Å². The molecule has 2 amide bonds. The van der Waals surface area contributed by atoms with Crippen LogP contribution in [0.3, 0.4) is 0 Å². The van der Waals surface area contributed by atoms with Crippen LogP contribution in [0.5, 0.6) is 0 Å². The molecule has 0 aliphatic carbocycles.